The van der Waals surface area contributed by atoms with Crippen LogP contribution in [0.1, 0.15) is 30.0 Å². The molecule has 0 aliphatic carbocycles. The highest BCUT2D eigenvalue weighted by Crippen LogP contribution is 2.29. The Labute approximate surface area is 127 Å². The molecule has 0 unspecified atom stereocenters. The third kappa shape index (κ3) is 3.08. The molecular formula is C14H16Cl2N2O2. The smallest absolute Gasteiger partial charge is 0.138 e. The summed E-state index contributed by atoms with van der Waals surface area (Å²) in [5, 5.41) is 14.8. The van der Waals surface area contributed by atoms with E-state index in [0.717, 1.165) is 17.0 Å². The zero-order valence-electron chi connectivity index (χ0n) is 11.5. The number of aryl methyl sites for hydroxylation is 2. The molecule has 0 saturated heterocycles. The van der Waals surface area contributed by atoms with Gasteiger partial charge in [-0.3, -0.25) is 4.68 Å². The van der Waals surface area contributed by atoms with Crippen LogP contribution in [0.5, 0.6) is 5.75 Å². The van der Waals surface area contributed by atoms with Crippen molar-refractivity contribution in [2.75, 3.05) is 0 Å². The molecule has 2 aromatic rings. The maximum Gasteiger partial charge on any atom is 0.138 e. The zero-order valence-corrected chi connectivity index (χ0v) is 13.0. The minimum atomic E-state index is -0.560. The molecule has 1 aromatic carbocycles. The van der Waals surface area contributed by atoms with Gasteiger partial charge in [0.25, 0.3) is 0 Å². The molecule has 0 aliphatic rings. The fourth-order valence-corrected chi connectivity index (χ4v) is 2.34. The summed E-state index contributed by atoms with van der Waals surface area (Å²) in [7, 11) is 1.82. The lowest BCUT2D eigenvalue weighted by atomic mass is 10.1. The molecular weight excluding hydrogens is 299 g/mol. The van der Waals surface area contributed by atoms with Crippen LogP contribution in [0.2, 0.25) is 10.0 Å². The van der Waals surface area contributed by atoms with Crippen molar-refractivity contribution in [1.29, 1.82) is 0 Å². The quantitative estimate of drug-likeness (QED) is 0.936. The average Bonchev–Trinajstić information content (AvgIpc) is 2.62. The number of ether oxygens (including phenoxy) is 1. The van der Waals surface area contributed by atoms with Crippen LogP contribution in [0, 0.1) is 6.92 Å². The number of nitrogens with zero attached hydrogens (tertiary/aromatic N) is 2. The van der Waals surface area contributed by atoms with Crippen LogP contribution in [0.25, 0.3) is 0 Å². The second-order valence-corrected chi connectivity index (χ2v) is 5.41. The van der Waals surface area contributed by atoms with E-state index in [4.69, 9.17) is 27.9 Å². The maximum atomic E-state index is 9.49. The number of aromatic nitrogens is 2. The first-order valence-corrected chi connectivity index (χ1v) is 6.94. The molecule has 0 spiro atoms. The highest BCUT2D eigenvalue weighted by molar-refractivity contribution is 6.32. The van der Waals surface area contributed by atoms with Gasteiger partial charge in [-0.15, -0.1) is 0 Å². The van der Waals surface area contributed by atoms with E-state index in [1.165, 1.54) is 0 Å². The van der Waals surface area contributed by atoms with Gasteiger partial charge in [0.1, 0.15) is 12.4 Å². The molecule has 1 atom stereocenters. The van der Waals surface area contributed by atoms with Crippen molar-refractivity contribution in [2.45, 2.75) is 26.6 Å². The van der Waals surface area contributed by atoms with Gasteiger partial charge in [-0.05, 0) is 31.5 Å². The predicted molar refractivity (Wildman–Crippen MR) is 79.4 cm³/mol. The minimum absolute atomic E-state index is 0.282. The molecule has 1 N–H and O–H groups in total. The third-order valence-electron chi connectivity index (χ3n) is 3.06. The lowest BCUT2D eigenvalue weighted by Gasteiger charge is -2.11. The lowest BCUT2D eigenvalue weighted by Crippen LogP contribution is -2.04. The predicted octanol–water partition coefficient (Wildman–Crippen LogP) is 3.67. The monoisotopic (exact) mass is 314 g/mol. The van der Waals surface area contributed by atoms with E-state index in [2.05, 4.69) is 5.10 Å². The Kier molecular flexibility index (Phi) is 4.58. The number of aliphatic hydroxyl groups is 1. The Morgan fingerprint density at radius 3 is 2.60 bits per heavy atom. The SMILES string of the molecule is Cc1nn(C)c(COc2ccc([C@H](C)O)cc2Cl)c1Cl. The molecule has 1 aromatic heterocycles. The van der Waals surface area contributed by atoms with Gasteiger partial charge in [-0.1, -0.05) is 29.3 Å². The molecule has 20 heavy (non-hydrogen) atoms. The second-order valence-electron chi connectivity index (χ2n) is 4.62. The second kappa shape index (κ2) is 6.04. The number of hydrogen-bond donors (Lipinski definition) is 1. The maximum absolute atomic E-state index is 9.49. The van der Waals surface area contributed by atoms with Gasteiger partial charge in [0.2, 0.25) is 0 Å². The van der Waals surface area contributed by atoms with E-state index in [-0.39, 0.29) is 6.61 Å². The van der Waals surface area contributed by atoms with Crippen molar-refractivity contribution >= 4 is 23.2 Å². The van der Waals surface area contributed by atoms with Crippen molar-refractivity contribution < 1.29 is 9.84 Å². The molecule has 0 bridgehead atoms. The number of benzene rings is 1. The topological polar surface area (TPSA) is 47.3 Å². The summed E-state index contributed by atoms with van der Waals surface area (Å²) in [5.74, 6) is 0.547. The van der Waals surface area contributed by atoms with Gasteiger partial charge in [-0.25, -0.2) is 0 Å². The minimum Gasteiger partial charge on any atom is -0.486 e. The third-order valence-corrected chi connectivity index (χ3v) is 3.85. The molecule has 0 amide bonds. The van der Waals surface area contributed by atoms with Crippen LogP contribution in [0.3, 0.4) is 0 Å². The van der Waals surface area contributed by atoms with Gasteiger partial charge < -0.3 is 9.84 Å². The first-order chi connectivity index (χ1) is 9.40. The number of rotatable bonds is 4. The summed E-state index contributed by atoms with van der Waals surface area (Å²) in [4.78, 5) is 0. The van der Waals surface area contributed by atoms with Crippen LogP contribution in [-0.4, -0.2) is 14.9 Å². The summed E-state index contributed by atoms with van der Waals surface area (Å²) < 4.78 is 7.36. The molecule has 0 saturated carbocycles. The van der Waals surface area contributed by atoms with E-state index in [0.29, 0.717) is 15.8 Å². The van der Waals surface area contributed by atoms with Crippen molar-refractivity contribution in [3.05, 3.63) is 45.2 Å². The van der Waals surface area contributed by atoms with Crippen LogP contribution in [-0.2, 0) is 13.7 Å². The Morgan fingerprint density at radius 1 is 1.40 bits per heavy atom. The summed E-state index contributed by atoms with van der Waals surface area (Å²) in [6, 6.07) is 5.21. The van der Waals surface area contributed by atoms with E-state index in [9.17, 15) is 5.11 Å². The van der Waals surface area contributed by atoms with E-state index in [1.54, 1.807) is 29.8 Å². The Morgan fingerprint density at radius 2 is 2.10 bits per heavy atom. The van der Waals surface area contributed by atoms with Crippen LogP contribution in [0.15, 0.2) is 18.2 Å². The van der Waals surface area contributed by atoms with Crippen molar-refractivity contribution in [1.82, 2.24) is 9.78 Å². The largest absolute Gasteiger partial charge is 0.486 e. The van der Waals surface area contributed by atoms with Gasteiger partial charge in [0, 0.05) is 7.05 Å². The van der Waals surface area contributed by atoms with Gasteiger partial charge in [0.05, 0.1) is 27.5 Å². The molecule has 2 rings (SSSR count). The summed E-state index contributed by atoms with van der Waals surface area (Å²) in [6.07, 6.45) is -0.560. The molecule has 0 aliphatic heterocycles. The average molecular weight is 315 g/mol. The van der Waals surface area contributed by atoms with Gasteiger partial charge >= 0.3 is 0 Å². The fraction of sp³-hybridized carbons (Fsp3) is 0.357. The first kappa shape index (κ1) is 15.2. The normalized spacial score (nSPS) is 12.5. The van der Waals surface area contributed by atoms with Crippen LogP contribution < -0.4 is 4.74 Å². The Hall–Kier alpha value is -1.23. The van der Waals surface area contributed by atoms with Crippen molar-refractivity contribution in [2.24, 2.45) is 7.05 Å². The van der Waals surface area contributed by atoms with Gasteiger partial charge in [-0.2, -0.15) is 5.10 Å². The molecule has 108 valence electrons. The van der Waals surface area contributed by atoms with Crippen LogP contribution >= 0.6 is 23.2 Å². The van der Waals surface area contributed by atoms with Crippen molar-refractivity contribution in [3.63, 3.8) is 0 Å². The van der Waals surface area contributed by atoms with E-state index < -0.39 is 6.10 Å². The fourth-order valence-electron chi connectivity index (χ4n) is 1.88. The number of hydrogen-bond acceptors (Lipinski definition) is 3. The van der Waals surface area contributed by atoms with Crippen molar-refractivity contribution in [3.8, 4) is 5.75 Å². The zero-order chi connectivity index (χ0) is 14.9. The molecule has 0 radical (unpaired) electrons. The summed E-state index contributed by atoms with van der Waals surface area (Å²) in [6.45, 7) is 3.81. The highest BCUT2D eigenvalue weighted by atomic mass is 35.5. The van der Waals surface area contributed by atoms with E-state index in [1.807, 2.05) is 14.0 Å². The Bertz CT molecular complexity index is 624. The first-order valence-electron chi connectivity index (χ1n) is 6.18. The number of aliphatic hydroxyl groups excluding tert-OH is 1. The summed E-state index contributed by atoms with van der Waals surface area (Å²) in [5.41, 5.74) is 2.31. The molecule has 6 heteroatoms. The number of halogens is 2. The standard InChI is InChI=1S/C14H16Cl2N2O2/c1-8-14(16)12(18(3)17-8)7-20-13-5-4-10(9(2)19)6-11(13)15/h4-6,9,19H,7H2,1-3H3/t9-/m0/s1. The molecule has 1 heterocycles. The Balaban J connectivity index is 2.15. The summed E-state index contributed by atoms with van der Waals surface area (Å²) >= 11 is 12.3. The molecule has 4 nitrogen and oxygen atoms in total. The molecule has 0 fully saturated rings. The van der Waals surface area contributed by atoms with Crippen LogP contribution in [0.4, 0.5) is 0 Å². The lowest BCUT2D eigenvalue weighted by molar-refractivity contribution is 0.199. The van der Waals surface area contributed by atoms with Gasteiger partial charge in [0.15, 0.2) is 0 Å². The highest BCUT2D eigenvalue weighted by Gasteiger charge is 2.13. The van der Waals surface area contributed by atoms with E-state index >= 15 is 0 Å².